The Morgan fingerprint density at radius 1 is 1.05 bits per heavy atom. The summed E-state index contributed by atoms with van der Waals surface area (Å²) in [5, 5.41) is 0.294. The van der Waals surface area contributed by atoms with E-state index in [1.165, 1.54) is 29.3 Å². The van der Waals surface area contributed by atoms with Crippen LogP contribution in [-0.2, 0) is 12.8 Å². The van der Waals surface area contributed by atoms with Crippen molar-refractivity contribution in [1.29, 1.82) is 0 Å². The van der Waals surface area contributed by atoms with Crippen LogP contribution in [0, 0.1) is 5.82 Å². The fraction of sp³-hybridized carbons (Fsp3) is 0.188. The number of carbonyl (C=O) groups is 1. The molecule has 96 valence electrons. The van der Waals surface area contributed by atoms with Crippen LogP contribution in [0.15, 0.2) is 36.4 Å². The van der Waals surface area contributed by atoms with E-state index in [2.05, 4.69) is 0 Å². The predicted octanol–water partition coefficient (Wildman–Crippen LogP) is 4.20. The van der Waals surface area contributed by atoms with Crippen LogP contribution in [0.5, 0.6) is 0 Å². The van der Waals surface area contributed by atoms with Gasteiger partial charge in [0.1, 0.15) is 5.82 Å². The first kappa shape index (κ1) is 12.4. The quantitative estimate of drug-likeness (QED) is 0.750. The van der Waals surface area contributed by atoms with Gasteiger partial charge >= 0.3 is 0 Å². The van der Waals surface area contributed by atoms with Crippen LogP contribution in [0.3, 0.4) is 0 Å². The second-order valence-electron chi connectivity index (χ2n) is 4.79. The number of halogens is 2. The highest BCUT2D eigenvalue weighted by atomic mass is 35.5. The zero-order chi connectivity index (χ0) is 13.4. The van der Waals surface area contributed by atoms with Gasteiger partial charge in [-0.05, 0) is 54.7 Å². The number of hydrogen-bond acceptors (Lipinski definition) is 1. The molecule has 0 heterocycles. The van der Waals surface area contributed by atoms with Crippen LogP contribution < -0.4 is 0 Å². The third kappa shape index (κ3) is 2.28. The lowest BCUT2D eigenvalue weighted by Crippen LogP contribution is -2.05. The zero-order valence-electron chi connectivity index (χ0n) is 10.2. The largest absolute Gasteiger partial charge is 0.288 e. The molecule has 0 spiro atoms. The maximum Gasteiger partial charge on any atom is 0.195 e. The predicted molar refractivity (Wildman–Crippen MR) is 73.3 cm³/mol. The molecule has 0 atom stereocenters. The molecule has 0 aromatic heterocycles. The van der Waals surface area contributed by atoms with Crippen LogP contribution in [-0.4, -0.2) is 5.78 Å². The van der Waals surface area contributed by atoms with Crippen molar-refractivity contribution in [2.45, 2.75) is 19.3 Å². The number of fused-ring (bicyclic) bond motifs is 1. The van der Waals surface area contributed by atoms with Crippen LogP contribution >= 0.6 is 11.6 Å². The number of rotatable bonds is 2. The van der Waals surface area contributed by atoms with Gasteiger partial charge in [-0.25, -0.2) is 4.39 Å². The molecule has 0 saturated carbocycles. The fourth-order valence-corrected chi connectivity index (χ4v) is 2.70. The third-order valence-corrected chi connectivity index (χ3v) is 3.77. The number of ketones is 1. The van der Waals surface area contributed by atoms with Gasteiger partial charge in [-0.2, -0.15) is 0 Å². The van der Waals surface area contributed by atoms with Gasteiger partial charge < -0.3 is 0 Å². The Morgan fingerprint density at radius 2 is 1.84 bits per heavy atom. The van der Waals surface area contributed by atoms with Gasteiger partial charge in [0.05, 0.1) is 5.56 Å². The van der Waals surface area contributed by atoms with E-state index in [0.717, 1.165) is 19.3 Å². The monoisotopic (exact) mass is 274 g/mol. The van der Waals surface area contributed by atoms with Crippen molar-refractivity contribution < 1.29 is 9.18 Å². The van der Waals surface area contributed by atoms with Crippen molar-refractivity contribution in [2.24, 2.45) is 0 Å². The summed E-state index contributed by atoms with van der Waals surface area (Å²) in [6, 6.07) is 9.78. The van der Waals surface area contributed by atoms with Gasteiger partial charge in [0.25, 0.3) is 0 Å². The van der Waals surface area contributed by atoms with Crippen molar-refractivity contribution in [3.63, 3.8) is 0 Å². The highest BCUT2D eigenvalue weighted by molar-refractivity contribution is 6.30. The smallest absolute Gasteiger partial charge is 0.195 e. The van der Waals surface area contributed by atoms with Gasteiger partial charge in [0, 0.05) is 10.6 Å². The molecule has 3 heteroatoms. The van der Waals surface area contributed by atoms with Gasteiger partial charge in [0.2, 0.25) is 0 Å². The number of hydrogen-bond donors (Lipinski definition) is 0. The van der Waals surface area contributed by atoms with Gasteiger partial charge in [-0.3, -0.25) is 4.79 Å². The van der Waals surface area contributed by atoms with E-state index >= 15 is 0 Å². The van der Waals surface area contributed by atoms with Gasteiger partial charge in [-0.15, -0.1) is 0 Å². The van der Waals surface area contributed by atoms with Crippen LogP contribution in [0.1, 0.15) is 33.5 Å². The molecule has 0 fully saturated rings. The van der Waals surface area contributed by atoms with Crippen molar-refractivity contribution in [2.75, 3.05) is 0 Å². The average Bonchev–Trinajstić information content (AvgIpc) is 2.85. The molecule has 0 amide bonds. The van der Waals surface area contributed by atoms with E-state index in [4.69, 9.17) is 11.6 Å². The Balaban J connectivity index is 2.00. The first-order chi connectivity index (χ1) is 9.15. The SMILES string of the molecule is O=C(c1ccc2c(c1)CCC2)c1ccc(Cl)cc1F. The van der Waals surface area contributed by atoms with E-state index in [-0.39, 0.29) is 11.3 Å². The molecule has 0 N–H and O–H groups in total. The third-order valence-electron chi connectivity index (χ3n) is 3.54. The minimum Gasteiger partial charge on any atom is -0.288 e. The Bertz CT molecular complexity index is 664. The van der Waals surface area contributed by atoms with E-state index in [0.29, 0.717) is 10.6 Å². The molecule has 2 aromatic carbocycles. The zero-order valence-corrected chi connectivity index (χ0v) is 11.0. The van der Waals surface area contributed by atoms with Crippen molar-refractivity contribution >= 4 is 17.4 Å². The normalized spacial score (nSPS) is 13.4. The summed E-state index contributed by atoms with van der Waals surface area (Å²) >= 11 is 5.69. The Hall–Kier alpha value is -1.67. The summed E-state index contributed by atoms with van der Waals surface area (Å²) in [5.74, 6) is -0.859. The summed E-state index contributed by atoms with van der Waals surface area (Å²) in [6.45, 7) is 0. The maximum atomic E-state index is 13.8. The van der Waals surface area contributed by atoms with E-state index in [9.17, 15) is 9.18 Å². The molecule has 1 nitrogen and oxygen atoms in total. The van der Waals surface area contributed by atoms with Crippen molar-refractivity contribution in [3.8, 4) is 0 Å². The van der Waals surface area contributed by atoms with E-state index < -0.39 is 5.82 Å². The first-order valence-corrected chi connectivity index (χ1v) is 6.64. The molecular formula is C16H12ClFO. The molecule has 19 heavy (non-hydrogen) atoms. The maximum absolute atomic E-state index is 13.8. The highest BCUT2D eigenvalue weighted by Gasteiger charge is 2.17. The summed E-state index contributed by atoms with van der Waals surface area (Å²) in [4.78, 5) is 12.3. The molecule has 1 aliphatic rings. The Morgan fingerprint density at radius 3 is 2.63 bits per heavy atom. The molecule has 2 aromatic rings. The van der Waals surface area contributed by atoms with E-state index in [1.807, 2.05) is 12.1 Å². The van der Waals surface area contributed by atoms with Crippen LogP contribution in [0.4, 0.5) is 4.39 Å². The summed E-state index contributed by atoms with van der Waals surface area (Å²) in [7, 11) is 0. The van der Waals surface area contributed by atoms with Crippen LogP contribution in [0.2, 0.25) is 5.02 Å². The lowest BCUT2D eigenvalue weighted by atomic mass is 9.99. The van der Waals surface area contributed by atoms with E-state index in [1.54, 1.807) is 6.07 Å². The lowest BCUT2D eigenvalue weighted by Gasteiger charge is -2.06. The minimum atomic E-state index is -0.571. The number of aryl methyl sites for hydroxylation is 2. The molecule has 0 aliphatic heterocycles. The average molecular weight is 275 g/mol. The standard InChI is InChI=1S/C16H12ClFO/c17-13-6-7-14(15(18)9-13)16(19)12-5-4-10-2-1-3-11(10)8-12/h4-9H,1-3H2. The fourth-order valence-electron chi connectivity index (χ4n) is 2.54. The molecule has 1 aliphatic carbocycles. The summed E-state index contributed by atoms with van der Waals surface area (Å²) in [6.07, 6.45) is 3.20. The summed E-state index contributed by atoms with van der Waals surface area (Å²) < 4.78 is 13.8. The minimum absolute atomic E-state index is 0.0716. The van der Waals surface area contributed by atoms with Crippen LogP contribution in [0.25, 0.3) is 0 Å². The molecular weight excluding hydrogens is 263 g/mol. The second kappa shape index (κ2) is 4.78. The Labute approximate surface area is 116 Å². The molecule has 3 rings (SSSR count). The second-order valence-corrected chi connectivity index (χ2v) is 5.23. The molecule has 0 unspecified atom stereocenters. The van der Waals surface area contributed by atoms with Crippen molar-refractivity contribution in [3.05, 3.63) is 69.5 Å². The van der Waals surface area contributed by atoms with Gasteiger partial charge in [-0.1, -0.05) is 23.7 Å². The van der Waals surface area contributed by atoms with Crippen molar-refractivity contribution in [1.82, 2.24) is 0 Å². The topological polar surface area (TPSA) is 17.1 Å². The molecule has 0 bridgehead atoms. The summed E-state index contributed by atoms with van der Waals surface area (Å²) in [5.41, 5.74) is 3.12. The van der Waals surface area contributed by atoms with Gasteiger partial charge in [0.15, 0.2) is 5.78 Å². The molecule has 0 radical (unpaired) electrons. The first-order valence-electron chi connectivity index (χ1n) is 6.27. The lowest BCUT2D eigenvalue weighted by molar-refractivity contribution is 0.103. The number of carbonyl (C=O) groups excluding carboxylic acids is 1. The molecule has 0 saturated heterocycles. The highest BCUT2D eigenvalue weighted by Crippen LogP contribution is 2.25. The number of benzene rings is 2. The Kier molecular flexibility index (Phi) is 3.11.